The third kappa shape index (κ3) is 1.75. The highest BCUT2D eigenvalue weighted by Gasteiger charge is 2.42. The Morgan fingerprint density at radius 1 is 0.571 bits per heavy atom. The lowest BCUT2D eigenvalue weighted by Gasteiger charge is -2.23. The van der Waals surface area contributed by atoms with Crippen molar-refractivity contribution in [3.05, 3.63) is 69.8 Å². The van der Waals surface area contributed by atoms with Crippen LogP contribution in [0.15, 0.2) is 36.4 Å². The summed E-state index contributed by atoms with van der Waals surface area (Å²) in [5.74, 6) is 0. The van der Waals surface area contributed by atoms with Crippen molar-refractivity contribution in [1.82, 2.24) is 0 Å². The number of aryl methyl sites for hydroxylation is 1. The predicted molar refractivity (Wildman–Crippen MR) is 86.8 cm³/mol. The van der Waals surface area contributed by atoms with Crippen LogP contribution in [0.5, 0.6) is 0 Å². The van der Waals surface area contributed by atoms with E-state index in [2.05, 4.69) is 36.4 Å². The fraction of sp³-hybridized carbons (Fsp3) is 0.429. The van der Waals surface area contributed by atoms with Crippen LogP contribution in [0, 0.1) is 5.41 Å². The van der Waals surface area contributed by atoms with Gasteiger partial charge in [0.25, 0.3) is 0 Å². The van der Waals surface area contributed by atoms with Crippen molar-refractivity contribution < 1.29 is 0 Å². The Kier molecular flexibility index (Phi) is 2.42. The zero-order valence-corrected chi connectivity index (χ0v) is 12.6. The van der Waals surface area contributed by atoms with Gasteiger partial charge in [0.15, 0.2) is 0 Å². The van der Waals surface area contributed by atoms with Crippen LogP contribution in [0.1, 0.15) is 46.2 Å². The lowest BCUT2D eigenvalue weighted by Crippen LogP contribution is -2.21. The fourth-order valence-electron chi connectivity index (χ4n) is 5.20. The van der Waals surface area contributed by atoms with Crippen LogP contribution >= 0.6 is 0 Å². The summed E-state index contributed by atoms with van der Waals surface area (Å²) < 4.78 is 0. The quantitative estimate of drug-likeness (QED) is 0.666. The molecule has 0 nitrogen and oxygen atoms in total. The van der Waals surface area contributed by atoms with Crippen molar-refractivity contribution in [2.24, 2.45) is 5.41 Å². The molecule has 0 N–H and O–H groups in total. The van der Waals surface area contributed by atoms with E-state index in [1.807, 2.05) is 0 Å². The first-order chi connectivity index (χ1) is 10.3. The van der Waals surface area contributed by atoms with E-state index < -0.39 is 0 Å². The van der Waals surface area contributed by atoms with Crippen molar-refractivity contribution in [3.63, 3.8) is 0 Å². The van der Waals surface area contributed by atoms with Crippen molar-refractivity contribution >= 4 is 0 Å². The van der Waals surface area contributed by atoms with Gasteiger partial charge >= 0.3 is 0 Å². The summed E-state index contributed by atoms with van der Waals surface area (Å²) in [6, 6.07) is 14.0. The largest absolute Gasteiger partial charge is 0.0620 e. The van der Waals surface area contributed by atoms with Gasteiger partial charge in [0.1, 0.15) is 0 Å². The second kappa shape index (κ2) is 4.22. The van der Waals surface area contributed by atoms with Gasteiger partial charge in [-0.1, -0.05) is 36.4 Å². The molecule has 0 radical (unpaired) electrons. The highest BCUT2D eigenvalue weighted by molar-refractivity contribution is 5.49. The van der Waals surface area contributed by atoms with E-state index in [1.165, 1.54) is 51.4 Å². The van der Waals surface area contributed by atoms with E-state index in [0.717, 1.165) is 0 Å². The van der Waals surface area contributed by atoms with Gasteiger partial charge in [0, 0.05) is 0 Å². The first-order valence-corrected chi connectivity index (χ1v) is 8.52. The summed E-state index contributed by atoms with van der Waals surface area (Å²) in [6.07, 6.45) is 10.7. The lowest BCUT2D eigenvalue weighted by atomic mass is 9.81. The molecule has 0 atom stereocenters. The molecular weight excluding hydrogens is 252 g/mol. The van der Waals surface area contributed by atoms with Crippen LogP contribution < -0.4 is 0 Å². The van der Waals surface area contributed by atoms with Crippen molar-refractivity contribution in [2.45, 2.75) is 51.4 Å². The second-order valence-electron chi connectivity index (χ2n) is 7.52. The average Bonchev–Trinajstić information content (AvgIpc) is 3.06. The van der Waals surface area contributed by atoms with E-state index in [-0.39, 0.29) is 0 Å². The molecule has 0 heteroatoms. The van der Waals surface area contributed by atoms with Gasteiger partial charge < -0.3 is 0 Å². The van der Waals surface area contributed by atoms with Crippen LogP contribution in [-0.4, -0.2) is 0 Å². The first-order valence-electron chi connectivity index (χ1n) is 8.52. The minimum absolute atomic E-state index is 0.512. The minimum Gasteiger partial charge on any atom is -0.0620 e. The van der Waals surface area contributed by atoms with E-state index in [9.17, 15) is 0 Å². The monoisotopic (exact) mass is 274 g/mol. The van der Waals surface area contributed by atoms with Crippen molar-refractivity contribution in [2.75, 3.05) is 0 Å². The maximum atomic E-state index is 2.46. The summed E-state index contributed by atoms with van der Waals surface area (Å²) in [6.45, 7) is 0. The highest BCUT2D eigenvalue weighted by Crippen LogP contribution is 2.48. The SMILES string of the molecule is c1ccc2c(c1)CC1(C2)Cc2ccc3c(c2C1)CCCC3. The zero-order valence-electron chi connectivity index (χ0n) is 12.6. The molecule has 106 valence electrons. The molecule has 0 fully saturated rings. The topological polar surface area (TPSA) is 0 Å². The van der Waals surface area contributed by atoms with Crippen molar-refractivity contribution in [3.8, 4) is 0 Å². The van der Waals surface area contributed by atoms with Crippen LogP contribution in [0.4, 0.5) is 0 Å². The fourth-order valence-corrected chi connectivity index (χ4v) is 5.20. The number of benzene rings is 2. The highest BCUT2D eigenvalue weighted by atomic mass is 14.5. The standard InChI is InChI=1S/C21H22/c1-2-7-17-12-21(11-16(17)6-1)13-18-10-9-15-5-3-4-8-19(15)20(18)14-21/h1-2,6-7,9-10H,3-5,8,11-14H2. The van der Waals surface area contributed by atoms with Crippen LogP contribution in [0.3, 0.4) is 0 Å². The molecule has 0 unspecified atom stereocenters. The van der Waals surface area contributed by atoms with Gasteiger partial charge in [-0.3, -0.25) is 0 Å². The molecule has 21 heavy (non-hydrogen) atoms. The summed E-state index contributed by atoms with van der Waals surface area (Å²) in [5, 5.41) is 0. The van der Waals surface area contributed by atoms with E-state index in [0.29, 0.717) is 5.41 Å². The molecule has 0 aromatic heterocycles. The zero-order chi connectivity index (χ0) is 13.9. The maximum absolute atomic E-state index is 2.46. The predicted octanol–water partition coefficient (Wildman–Crippen LogP) is 4.45. The molecular formula is C21H22. The third-order valence-electron chi connectivity index (χ3n) is 6.11. The van der Waals surface area contributed by atoms with Gasteiger partial charge in [-0.2, -0.15) is 0 Å². The Bertz CT molecular complexity index is 698. The molecule has 5 rings (SSSR count). The van der Waals surface area contributed by atoms with Crippen molar-refractivity contribution in [1.29, 1.82) is 0 Å². The van der Waals surface area contributed by atoms with Crippen LogP contribution in [0.25, 0.3) is 0 Å². The molecule has 0 heterocycles. The molecule has 3 aliphatic carbocycles. The summed E-state index contributed by atoms with van der Waals surface area (Å²) in [4.78, 5) is 0. The maximum Gasteiger partial charge on any atom is -0.0135 e. The summed E-state index contributed by atoms with van der Waals surface area (Å²) in [7, 11) is 0. The average molecular weight is 274 g/mol. The van der Waals surface area contributed by atoms with Gasteiger partial charge in [-0.25, -0.2) is 0 Å². The van der Waals surface area contributed by atoms with Gasteiger partial charge in [0.2, 0.25) is 0 Å². The van der Waals surface area contributed by atoms with E-state index >= 15 is 0 Å². The Morgan fingerprint density at radius 2 is 1.24 bits per heavy atom. The lowest BCUT2D eigenvalue weighted by molar-refractivity contribution is 0.326. The minimum atomic E-state index is 0.512. The number of rotatable bonds is 0. The number of hydrogen-bond donors (Lipinski definition) is 0. The normalized spacial score (nSPS) is 21.1. The van der Waals surface area contributed by atoms with Crippen LogP contribution in [-0.2, 0) is 38.5 Å². The molecule has 3 aliphatic rings. The molecule has 0 aliphatic heterocycles. The summed E-state index contributed by atoms with van der Waals surface area (Å²) in [5.41, 5.74) is 10.6. The Balaban J connectivity index is 1.55. The smallest absolute Gasteiger partial charge is 0.0135 e. The molecule has 0 amide bonds. The second-order valence-corrected chi connectivity index (χ2v) is 7.52. The number of hydrogen-bond acceptors (Lipinski definition) is 0. The Hall–Kier alpha value is -1.56. The molecule has 0 bridgehead atoms. The Labute approximate surface area is 127 Å². The molecule has 1 spiro atoms. The van der Waals surface area contributed by atoms with Gasteiger partial charge in [-0.15, -0.1) is 0 Å². The number of fused-ring (bicyclic) bond motifs is 4. The Morgan fingerprint density at radius 3 is 2.05 bits per heavy atom. The van der Waals surface area contributed by atoms with E-state index in [1.54, 1.807) is 33.4 Å². The van der Waals surface area contributed by atoms with Crippen LogP contribution in [0.2, 0.25) is 0 Å². The van der Waals surface area contributed by atoms with E-state index in [4.69, 9.17) is 0 Å². The molecule has 2 aromatic rings. The van der Waals surface area contributed by atoms with Gasteiger partial charge in [0.05, 0.1) is 0 Å². The third-order valence-corrected chi connectivity index (χ3v) is 6.11. The molecule has 0 saturated carbocycles. The van der Waals surface area contributed by atoms with Gasteiger partial charge in [-0.05, 0) is 90.2 Å². The molecule has 0 saturated heterocycles. The molecule has 2 aromatic carbocycles. The first kappa shape index (κ1) is 12.0. The summed E-state index contributed by atoms with van der Waals surface area (Å²) >= 11 is 0.